The lowest BCUT2D eigenvalue weighted by Crippen LogP contribution is -2.56. The number of carbonyl (C=O) groups excluding carboxylic acids is 3. The van der Waals surface area contributed by atoms with Gasteiger partial charge in [-0.1, -0.05) is 59.8 Å². The molecule has 6 aliphatic heterocycles. The Kier molecular flexibility index (Phi) is 12.0. The average molecular weight is 845 g/mol. The van der Waals surface area contributed by atoms with Crippen LogP contribution in [0.4, 0.5) is 0 Å². The van der Waals surface area contributed by atoms with Crippen molar-refractivity contribution in [3.8, 4) is 11.5 Å². The molecule has 332 valence electrons. The van der Waals surface area contributed by atoms with Gasteiger partial charge in [-0.2, -0.15) is 0 Å². The smallest absolute Gasteiger partial charge is 0.312 e. The van der Waals surface area contributed by atoms with Crippen LogP contribution in [0, 0.1) is 36.5 Å². The lowest BCUT2D eigenvalue weighted by Gasteiger charge is -2.49. The minimum atomic E-state index is -1.90. The van der Waals surface area contributed by atoms with E-state index in [1.807, 2.05) is 40.7 Å². The monoisotopic (exact) mass is 844 g/mol. The number of rotatable bonds is 3. The van der Waals surface area contributed by atoms with Crippen LogP contribution in [0.5, 0.6) is 11.5 Å². The number of Topliss-reactive ketones (excluding diaryl/α,β-unsaturated/α-hetero) is 2. The second kappa shape index (κ2) is 16.4. The van der Waals surface area contributed by atoms with Gasteiger partial charge in [0, 0.05) is 86.9 Å². The Morgan fingerprint density at radius 1 is 0.934 bits per heavy atom. The first-order valence-electron chi connectivity index (χ1n) is 21.7. The third-order valence-electron chi connectivity index (χ3n) is 13.5. The summed E-state index contributed by atoms with van der Waals surface area (Å²) in [5, 5.41) is 30.1. The normalized spacial score (nSPS) is 35.7. The Morgan fingerprint density at radius 2 is 1.61 bits per heavy atom. The maximum Gasteiger partial charge on any atom is 0.312 e. The molecule has 0 saturated carbocycles. The third-order valence-corrected chi connectivity index (χ3v) is 13.5. The van der Waals surface area contributed by atoms with Crippen LogP contribution in [-0.4, -0.2) is 107 Å². The van der Waals surface area contributed by atoms with Gasteiger partial charge in [0.05, 0.1) is 53.2 Å². The molecule has 0 aromatic heterocycles. The van der Waals surface area contributed by atoms with Gasteiger partial charge in [0.2, 0.25) is 5.78 Å². The van der Waals surface area contributed by atoms with E-state index in [0.29, 0.717) is 30.0 Å². The number of hydrogen-bond acceptors (Lipinski definition) is 13. The summed E-state index contributed by atoms with van der Waals surface area (Å²) in [6.07, 6.45) is 7.46. The molecule has 7 aliphatic rings. The number of phenols is 1. The number of allylic oxidation sites excluding steroid dienone is 4. The number of aliphatic imine (C=N–C) groups is 1. The average Bonchev–Trinajstić information content (AvgIpc) is 3.70. The van der Waals surface area contributed by atoms with Crippen LogP contribution in [0.15, 0.2) is 52.5 Å². The van der Waals surface area contributed by atoms with Crippen LogP contribution in [0.25, 0.3) is 0 Å². The van der Waals surface area contributed by atoms with Crippen LogP contribution in [-0.2, 0) is 23.7 Å². The summed E-state index contributed by atoms with van der Waals surface area (Å²) < 4.78 is 31.3. The second-order valence-electron chi connectivity index (χ2n) is 19.0. The third kappa shape index (κ3) is 7.99. The number of hydrogen-bond donors (Lipinski definition) is 4. The standard InChI is InChI=1S/C47H64N4O10/c1-23(2)22-51-19-17-47(18-20-51)49-34-31-32-38(53)28(7)42-33(31)43(55)46(11,61-42)58-21-16-30(57-12)26(5)37(52)27(6)41-29(8)40(59-45(9,10)60-41)24(3)14-13-15-25(4)44(56)48-36(39(32)54)35(34)50-47/h13-16,21,23-24,26-27,29-30,37,40-41,50,52-53H,17-20,22H2,1-12H3,(H,48,56)/b14-13+,21-16+,25-15-/t24-,26+,27-,29+,30-,37+,40-,41-,46-/m0/s1. The maximum absolute atomic E-state index is 14.8. The predicted molar refractivity (Wildman–Crippen MR) is 229 cm³/mol. The fourth-order valence-corrected chi connectivity index (χ4v) is 9.97. The molecule has 0 unspecified atom stereocenters. The van der Waals surface area contributed by atoms with Crippen LogP contribution in [0.2, 0.25) is 0 Å². The Labute approximate surface area is 359 Å². The molecule has 0 radical (unpaired) electrons. The van der Waals surface area contributed by atoms with E-state index in [2.05, 4.69) is 36.3 Å². The van der Waals surface area contributed by atoms with Crippen molar-refractivity contribution in [2.45, 2.75) is 131 Å². The summed E-state index contributed by atoms with van der Waals surface area (Å²) in [5.74, 6) is -5.47. The van der Waals surface area contributed by atoms with E-state index >= 15 is 0 Å². The molecule has 1 aromatic rings. The molecule has 14 nitrogen and oxygen atoms in total. The van der Waals surface area contributed by atoms with Crippen molar-refractivity contribution in [1.29, 1.82) is 0 Å². The highest BCUT2D eigenvalue weighted by Gasteiger charge is 2.55. The molecule has 6 heterocycles. The molecule has 1 aliphatic carbocycles. The molecule has 2 saturated heterocycles. The van der Waals surface area contributed by atoms with Crippen LogP contribution < -0.4 is 15.4 Å². The Morgan fingerprint density at radius 3 is 2.26 bits per heavy atom. The number of piperidine rings is 1. The minimum Gasteiger partial charge on any atom is -0.507 e. The van der Waals surface area contributed by atoms with E-state index in [4.69, 9.17) is 28.7 Å². The minimum absolute atomic E-state index is 0.0600. The van der Waals surface area contributed by atoms with E-state index in [-0.39, 0.29) is 75.1 Å². The summed E-state index contributed by atoms with van der Waals surface area (Å²) in [6.45, 7) is 23.2. The number of carbonyl (C=O) groups is 3. The van der Waals surface area contributed by atoms with E-state index in [1.54, 1.807) is 32.1 Å². The molecule has 14 heteroatoms. The molecule has 61 heavy (non-hydrogen) atoms. The number of amides is 1. The van der Waals surface area contributed by atoms with Gasteiger partial charge in [0.25, 0.3) is 11.7 Å². The van der Waals surface area contributed by atoms with Crippen molar-refractivity contribution >= 4 is 23.2 Å². The van der Waals surface area contributed by atoms with E-state index in [0.717, 1.165) is 19.6 Å². The Bertz CT molecular complexity index is 2130. The number of aliphatic hydroxyl groups is 1. The van der Waals surface area contributed by atoms with Crippen molar-refractivity contribution in [1.82, 2.24) is 15.5 Å². The molecule has 4 N–H and O–H groups in total. The molecule has 1 aromatic carbocycles. The number of ether oxygens (including phenoxy) is 5. The summed E-state index contributed by atoms with van der Waals surface area (Å²) >= 11 is 0. The number of methoxy groups -OCH3 is 1. The molecule has 1 amide bonds. The van der Waals surface area contributed by atoms with Crippen molar-refractivity contribution in [3.63, 3.8) is 0 Å². The predicted octanol–water partition coefficient (Wildman–Crippen LogP) is 5.84. The highest BCUT2D eigenvalue weighted by molar-refractivity contribution is 6.34. The summed E-state index contributed by atoms with van der Waals surface area (Å²) in [5.41, 5.74) is 0.237. The number of aliphatic hydroxyl groups excluding tert-OH is 1. The Hall–Kier alpha value is -4.34. The van der Waals surface area contributed by atoms with Crippen LogP contribution in [0.3, 0.4) is 0 Å². The first kappa shape index (κ1) is 44.7. The summed E-state index contributed by atoms with van der Waals surface area (Å²) in [6, 6.07) is 0. The van der Waals surface area contributed by atoms with Gasteiger partial charge in [0.1, 0.15) is 22.9 Å². The molecule has 2 fully saturated rings. The summed E-state index contributed by atoms with van der Waals surface area (Å²) in [4.78, 5) is 51.1. The zero-order valence-corrected chi connectivity index (χ0v) is 37.7. The number of ketones is 2. The SMILES string of the molecule is CO[C@H]1/C=C/O[C@@]2(C)Oc3c(C)c(O)c4c(c3C2=O)C2=NC3(CCN(CC(C)C)CC3)NC2=C(NC(=O)/C(C)=C\C=C\[C@H](C)[C@@H]2OC(C)(C)O[C@@H]([C@@H](C)[C@H](O)[C@@H]1C)[C@@H]2C)C4=O. The van der Waals surface area contributed by atoms with Gasteiger partial charge < -0.3 is 49.4 Å². The number of fused-ring (bicyclic) bond motifs is 9. The molecular formula is C47H64N4O10. The van der Waals surface area contributed by atoms with E-state index in [1.165, 1.54) is 20.3 Å². The fourth-order valence-electron chi connectivity index (χ4n) is 9.97. The first-order valence-corrected chi connectivity index (χ1v) is 21.7. The second-order valence-corrected chi connectivity index (χ2v) is 19.0. The van der Waals surface area contributed by atoms with Gasteiger partial charge >= 0.3 is 5.79 Å². The van der Waals surface area contributed by atoms with E-state index < -0.39 is 52.8 Å². The highest BCUT2D eigenvalue weighted by atomic mass is 16.7. The van der Waals surface area contributed by atoms with Gasteiger partial charge in [0.15, 0.2) is 5.79 Å². The number of nitrogens with zero attached hydrogens (tertiary/aromatic N) is 2. The lowest BCUT2D eigenvalue weighted by molar-refractivity contribution is -0.336. The molecular weight excluding hydrogens is 781 g/mol. The first-order chi connectivity index (χ1) is 28.6. The zero-order chi connectivity index (χ0) is 44.5. The molecule has 8 rings (SSSR count). The van der Waals surface area contributed by atoms with Crippen molar-refractivity contribution in [3.05, 3.63) is 69.8 Å². The van der Waals surface area contributed by atoms with Crippen molar-refractivity contribution in [2.75, 3.05) is 26.7 Å². The van der Waals surface area contributed by atoms with Gasteiger partial charge in [-0.3, -0.25) is 19.4 Å². The lowest BCUT2D eigenvalue weighted by atomic mass is 9.77. The number of nitrogens with one attached hydrogen (secondary N) is 2. The summed E-state index contributed by atoms with van der Waals surface area (Å²) in [7, 11) is 1.54. The van der Waals surface area contributed by atoms with Crippen molar-refractivity contribution in [2.24, 2.45) is 34.6 Å². The zero-order valence-electron chi connectivity index (χ0n) is 37.7. The number of benzene rings is 1. The number of phenolic OH excluding ortho intramolecular Hbond substituents is 1. The highest BCUT2D eigenvalue weighted by Crippen LogP contribution is 2.50. The molecule has 1 spiro atoms. The Balaban J connectivity index is 1.35. The maximum atomic E-state index is 14.8. The largest absolute Gasteiger partial charge is 0.507 e. The number of likely N-dealkylation sites (tertiary alicyclic amines) is 1. The molecule has 9 atom stereocenters. The topological polar surface area (TPSA) is 177 Å². The van der Waals surface area contributed by atoms with Crippen molar-refractivity contribution < 1.29 is 48.3 Å². The van der Waals surface area contributed by atoms with Crippen LogP contribution >= 0.6 is 0 Å². The fraction of sp³-hybridized carbons (Fsp3) is 0.617. The van der Waals surface area contributed by atoms with Gasteiger partial charge in [-0.05, 0) is 39.7 Å². The van der Waals surface area contributed by atoms with Crippen LogP contribution in [0.1, 0.15) is 114 Å². The number of aromatic hydroxyl groups is 1. The quantitative estimate of drug-likeness (QED) is 0.286. The van der Waals surface area contributed by atoms with Gasteiger partial charge in [-0.15, -0.1) is 0 Å². The van der Waals surface area contributed by atoms with Gasteiger partial charge in [-0.25, -0.2) is 0 Å². The van der Waals surface area contributed by atoms with E-state index in [9.17, 15) is 24.6 Å². The molecule has 7 bridgehead atoms.